The van der Waals surface area contributed by atoms with Crippen molar-refractivity contribution in [3.8, 4) is 0 Å². The molecule has 0 unspecified atom stereocenters. The van der Waals surface area contributed by atoms with E-state index in [-0.39, 0.29) is 5.97 Å². The van der Waals surface area contributed by atoms with Crippen LogP contribution in [0, 0.1) is 0 Å². The van der Waals surface area contributed by atoms with Crippen molar-refractivity contribution < 1.29 is 9.53 Å². The van der Waals surface area contributed by atoms with E-state index in [9.17, 15) is 4.79 Å². The first-order chi connectivity index (χ1) is 9.03. The van der Waals surface area contributed by atoms with Gasteiger partial charge < -0.3 is 10.1 Å². The maximum absolute atomic E-state index is 10.4. The minimum Gasteiger partial charge on any atom is -0.463 e. The maximum atomic E-state index is 10.4. The number of carbonyl (C=O) groups is 1. The van der Waals surface area contributed by atoms with Crippen LogP contribution in [0.1, 0.15) is 19.4 Å². The summed E-state index contributed by atoms with van der Waals surface area (Å²) in [5, 5.41) is 2.75. The van der Waals surface area contributed by atoms with Gasteiger partial charge in [-0.25, -0.2) is 4.79 Å². The Morgan fingerprint density at radius 3 is 2.00 bits per heavy atom. The molecule has 1 N–H and O–H groups in total. The van der Waals surface area contributed by atoms with Crippen molar-refractivity contribution in [2.24, 2.45) is 0 Å². The normalized spacial score (nSPS) is 8.00. The number of carbonyl (C=O) groups excluding carboxylic acids is 1. The monoisotopic (exact) mass is 263 g/mol. The summed E-state index contributed by atoms with van der Waals surface area (Å²) in [6.07, 6.45) is 1.83. The van der Waals surface area contributed by atoms with Crippen LogP contribution < -0.4 is 5.32 Å². The molecule has 1 aromatic carbocycles. The van der Waals surface area contributed by atoms with Gasteiger partial charge in [-0.15, -0.1) is 0 Å². The number of esters is 1. The Morgan fingerprint density at radius 1 is 1.32 bits per heavy atom. The van der Waals surface area contributed by atoms with E-state index in [1.807, 2.05) is 50.5 Å². The van der Waals surface area contributed by atoms with Crippen LogP contribution in [-0.2, 0) is 9.53 Å². The SMILES string of the molecule is C=C(C)C(=O)OCC.C=Cc1ccccc1.CNC. The Bertz CT molecular complexity index is 358. The number of hydrogen-bond acceptors (Lipinski definition) is 3. The standard InChI is InChI=1S/C8H8.C6H10O2.C2H7N/c1-2-8-6-4-3-5-7-8;1-4-8-6(7)5(2)3;1-3-2/h2-7H,1H2;2,4H2,1,3H3;3H,1-2H3. The Balaban J connectivity index is 0. The van der Waals surface area contributed by atoms with Crippen molar-refractivity contribution in [1.29, 1.82) is 0 Å². The molecule has 0 radical (unpaired) electrons. The average molecular weight is 263 g/mol. The van der Waals surface area contributed by atoms with Gasteiger partial charge in [-0.05, 0) is 33.5 Å². The molecule has 3 heteroatoms. The van der Waals surface area contributed by atoms with Crippen LogP contribution in [0.25, 0.3) is 6.08 Å². The summed E-state index contributed by atoms with van der Waals surface area (Å²) in [4.78, 5) is 10.4. The van der Waals surface area contributed by atoms with Crippen molar-refractivity contribution in [2.45, 2.75) is 13.8 Å². The Kier molecular flexibility index (Phi) is 14.5. The molecule has 0 aromatic heterocycles. The smallest absolute Gasteiger partial charge is 0.333 e. The quantitative estimate of drug-likeness (QED) is 0.672. The summed E-state index contributed by atoms with van der Waals surface area (Å²) < 4.78 is 4.56. The molecule has 0 aliphatic rings. The minimum absolute atomic E-state index is 0.312. The molecule has 0 saturated carbocycles. The molecule has 0 amide bonds. The predicted octanol–water partition coefficient (Wildman–Crippen LogP) is 3.29. The Morgan fingerprint density at radius 2 is 1.79 bits per heavy atom. The summed E-state index contributed by atoms with van der Waals surface area (Å²) in [5.41, 5.74) is 1.62. The highest BCUT2D eigenvalue weighted by Crippen LogP contribution is 1.97. The third-order valence-electron chi connectivity index (χ3n) is 1.66. The molecule has 0 aliphatic heterocycles. The Labute approximate surface area is 117 Å². The molecule has 0 fully saturated rings. The number of benzene rings is 1. The lowest BCUT2D eigenvalue weighted by Gasteiger charge is -1.96. The Hall–Kier alpha value is -1.87. The summed E-state index contributed by atoms with van der Waals surface area (Å²) in [6, 6.07) is 10.0. The second-order valence-electron chi connectivity index (χ2n) is 3.62. The van der Waals surface area contributed by atoms with Gasteiger partial charge in [-0.2, -0.15) is 0 Å². The maximum Gasteiger partial charge on any atom is 0.333 e. The molecule has 0 atom stereocenters. The molecule has 0 aliphatic carbocycles. The van der Waals surface area contributed by atoms with Crippen molar-refractivity contribution in [1.82, 2.24) is 5.32 Å². The van der Waals surface area contributed by atoms with E-state index in [0.29, 0.717) is 12.2 Å². The molecular formula is C16H25NO2. The molecule has 0 saturated heterocycles. The zero-order chi connectivity index (χ0) is 15.1. The first-order valence-electron chi connectivity index (χ1n) is 6.12. The van der Waals surface area contributed by atoms with E-state index >= 15 is 0 Å². The lowest BCUT2D eigenvalue weighted by molar-refractivity contribution is -0.138. The van der Waals surface area contributed by atoms with Crippen LogP contribution in [0.15, 0.2) is 49.1 Å². The van der Waals surface area contributed by atoms with Crippen molar-refractivity contribution >= 4 is 12.0 Å². The third kappa shape index (κ3) is 14.1. The summed E-state index contributed by atoms with van der Waals surface area (Å²) in [6.45, 7) is 10.8. The van der Waals surface area contributed by atoms with Crippen LogP contribution in [0.3, 0.4) is 0 Å². The van der Waals surface area contributed by atoms with E-state index in [0.717, 1.165) is 0 Å². The second-order valence-corrected chi connectivity index (χ2v) is 3.62. The number of rotatable bonds is 3. The molecule has 1 aromatic rings. The first kappa shape index (κ1) is 19.5. The van der Waals surface area contributed by atoms with Gasteiger partial charge in [0.25, 0.3) is 0 Å². The molecule has 1 rings (SSSR count). The fourth-order valence-corrected chi connectivity index (χ4v) is 0.843. The topological polar surface area (TPSA) is 38.3 Å². The van der Waals surface area contributed by atoms with Gasteiger partial charge in [0.2, 0.25) is 0 Å². The van der Waals surface area contributed by atoms with Crippen molar-refractivity contribution in [3.63, 3.8) is 0 Å². The van der Waals surface area contributed by atoms with E-state index in [1.165, 1.54) is 5.56 Å². The van der Waals surface area contributed by atoms with E-state index in [1.54, 1.807) is 13.8 Å². The molecule has 0 bridgehead atoms. The van der Waals surface area contributed by atoms with Gasteiger partial charge in [0, 0.05) is 5.57 Å². The van der Waals surface area contributed by atoms with E-state index < -0.39 is 0 Å². The highest BCUT2D eigenvalue weighted by atomic mass is 16.5. The van der Waals surface area contributed by atoms with Gasteiger partial charge >= 0.3 is 5.97 Å². The fraction of sp³-hybridized carbons (Fsp3) is 0.312. The van der Waals surface area contributed by atoms with Gasteiger partial charge in [-0.3, -0.25) is 0 Å². The number of nitrogens with one attached hydrogen (secondary N) is 1. The summed E-state index contributed by atoms with van der Waals surface area (Å²) >= 11 is 0. The van der Waals surface area contributed by atoms with Crippen molar-refractivity contribution in [3.05, 3.63) is 54.6 Å². The molecule has 3 nitrogen and oxygen atoms in total. The molecule has 0 heterocycles. The molecule has 106 valence electrons. The van der Waals surface area contributed by atoms with Crippen LogP contribution in [0.5, 0.6) is 0 Å². The van der Waals surface area contributed by atoms with Crippen molar-refractivity contribution in [2.75, 3.05) is 20.7 Å². The highest BCUT2D eigenvalue weighted by molar-refractivity contribution is 5.86. The first-order valence-corrected chi connectivity index (χ1v) is 6.12. The van der Waals surface area contributed by atoms with Gasteiger partial charge in [-0.1, -0.05) is 49.6 Å². The fourth-order valence-electron chi connectivity index (χ4n) is 0.843. The highest BCUT2D eigenvalue weighted by Gasteiger charge is 1.98. The average Bonchev–Trinajstić information content (AvgIpc) is 2.41. The predicted molar refractivity (Wildman–Crippen MR) is 83.0 cm³/mol. The number of hydrogen-bond donors (Lipinski definition) is 1. The van der Waals surface area contributed by atoms with Crippen LogP contribution in [0.2, 0.25) is 0 Å². The third-order valence-corrected chi connectivity index (χ3v) is 1.66. The van der Waals surface area contributed by atoms with Gasteiger partial charge in [0.05, 0.1) is 6.61 Å². The summed E-state index contributed by atoms with van der Waals surface area (Å²) in [5.74, 6) is -0.312. The number of ether oxygens (including phenoxy) is 1. The summed E-state index contributed by atoms with van der Waals surface area (Å²) in [7, 11) is 3.75. The zero-order valence-corrected chi connectivity index (χ0v) is 12.4. The van der Waals surface area contributed by atoms with Gasteiger partial charge in [0.1, 0.15) is 0 Å². The molecular weight excluding hydrogens is 238 g/mol. The second kappa shape index (κ2) is 14.2. The van der Waals surface area contributed by atoms with Gasteiger partial charge in [0.15, 0.2) is 0 Å². The van der Waals surface area contributed by atoms with Crippen LogP contribution in [-0.4, -0.2) is 26.7 Å². The lowest BCUT2D eigenvalue weighted by Crippen LogP contribution is -2.03. The molecule has 0 spiro atoms. The molecule has 19 heavy (non-hydrogen) atoms. The largest absolute Gasteiger partial charge is 0.463 e. The van der Waals surface area contributed by atoms with Crippen LogP contribution >= 0.6 is 0 Å². The minimum atomic E-state index is -0.312. The lowest BCUT2D eigenvalue weighted by atomic mass is 10.2. The van der Waals surface area contributed by atoms with E-state index in [2.05, 4.69) is 23.2 Å². The van der Waals surface area contributed by atoms with Crippen LogP contribution in [0.4, 0.5) is 0 Å². The van der Waals surface area contributed by atoms with E-state index in [4.69, 9.17) is 0 Å². The zero-order valence-electron chi connectivity index (χ0n) is 12.4.